The highest BCUT2D eigenvalue weighted by Gasteiger charge is 2.20. The van der Waals surface area contributed by atoms with E-state index in [9.17, 15) is 4.79 Å². The van der Waals surface area contributed by atoms with Crippen molar-refractivity contribution in [3.8, 4) is 11.4 Å². The quantitative estimate of drug-likeness (QED) is 0.734. The minimum absolute atomic E-state index is 0.140. The highest BCUT2D eigenvalue weighted by atomic mass is 32.1. The van der Waals surface area contributed by atoms with Crippen LogP contribution in [0.1, 0.15) is 23.8 Å². The number of pyridine rings is 1. The van der Waals surface area contributed by atoms with E-state index in [0.29, 0.717) is 12.4 Å². The minimum Gasteiger partial charge on any atom is -0.368 e. The Morgan fingerprint density at radius 3 is 2.76 bits per heavy atom. The van der Waals surface area contributed by atoms with Crippen molar-refractivity contribution in [2.75, 3.05) is 18.0 Å². The van der Waals surface area contributed by atoms with Crippen LogP contribution < -0.4 is 10.6 Å². The number of nitrogens with zero attached hydrogens (tertiary/aromatic N) is 4. The fraction of sp³-hybridized carbons (Fsp3) is 0.333. The molecule has 0 radical (unpaired) electrons. The summed E-state index contributed by atoms with van der Waals surface area (Å²) < 4.78 is 0. The molecular weight excluding hydrogens is 334 g/mol. The summed E-state index contributed by atoms with van der Waals surface area (Å²) in [5.41, 5.74) is 7.47. The molecule has 0 unspecified atom stereocenters. The molecule has 7 heteroatoms. The van der Waals surface area contributed by atoms with E-state index in [1.165, 1.54) is 4.88 Å². The number of primary amides is 1. The van der Waals surface area contributed by atoms with Gasteiger partial charge in [0.2, 0.25) is 5.91 Å². The van der Waals surface area contributed by atoms with Crippen LogP contribution in [0.25, 0.3) is 21.6 Å². The van der Waals surface area contributed by atoms with Gasteiger partial charge in [-0.1, -0.05) is 6.92 Å². The molecule has 0 atom stereocenters. The zero-order valence-electron chi connectivity index (χ0n) is 14.6. The summed E-state index contributed by atoms with van der Waals surface area (Å²) in [5.74, 6) is 1.02. The Kier molecular flexibility index (Phi) is 4.94. The van der Waals surface area contributed by atoms with Crippen LogP contribution in [-0.2, 0) is 4.79 Å². The topological polar surface area (TPSA) is 85.0 Å². The van der Waals surface area contributed by atoms with Crippen LogP contribution in [0.2, 0.25) is 0 Å². The van der Waals surface area contributed by atoms with Crippen LogP contribution in [0.3, 0.4) is 0 Å². The van der Waals surface area contributed by atoms with Crippen molar-refractivity contribution in [1.29, 1.82) is 0 Å². The Labute approximate surface area is 150 Å². The summed E-state index contributed by atoms with van der Waals surface area (Å²) in [6.45, 7) is 7.06. The molecule has 130 valence electrons. The third kappa shape index (κ3) is 3.46. The van der Waals surface area contributed by atoms with Gasteiger partial charge in [0.15, 0.2) is 5.82 Å². The molecule has 3 aromatic rings. The first kappa shape index (κ1) is 17.3. The lowest BCUT2D eigenvalue weighted by molar-refractivity contribution is -0.116. The van der Waals surface area contributed by atoms with Crippen LogP contribution in [0.4, 0.5) is 5.82 Å². The molecular formula is C18H21N5OS. The van der Waals surface area contributed by atoms with Crippen molar-refractivity contribution >= 4 is 33.3 Å². The summed E-state index contributed by atoms with van der Waals surface area (Å²) in [5, 5.41) is 1.00. The lowest BCUT2D eigenvalue weighted by atomic mass is 10.2. The second-order valence-corrected chi connectivity index (χ2v) is 7.17. The van der Waals surface area contributed by atoms with Crippen molar-refractivity contribution < 1.29 is 4.79 Å². The summed E-state index contributed by atoms with van der Waals surface area (Å²) in [6, 6.07) is 3.80. The number of nitrogens with two attached hydrogens (primary N) is 1. The second kappa shape index (κ2) is 7.14. The van der Waals surface area contributed by atoms with Gasteiger partial charge in [-0.15, -0.1) is 11.3 Å². The summed E-state index contributed by atoms with van der Waals surface area (Å²) >= 11 is 1.64. The Hall–Kier alpha value is -2.54. The van der Waals surface area contributed by atoms with Crippen molar-refractivity contribution in [2.24, 2.45) is 5.73 Å². The molecule has 0 aliphatic heterocycles. The molecule has 0 aromatic carbocycles. The predicted octanol–water partition coefficient (Wildman–Crippen LogP) is 3.07. The van der Waals surface area contributed by atoms with Gasteiger partial charge >= 0.3 is 0 Å². The van der Waals surface area contributed by atoms with Crippen molar-refractivity contribution in [1.82, 2.24) is 15.0 Å². The third-order valence-electron chi connectivity index (χ3n) is 4.07. The van der Waals surface area contributed by atoms with E-state index >= 15 is 0 Å². The van der Waals surface area contributed by atoms with Crippen LogP contribution >= 0.6 is 11.3 Å². The van der Waals surface area contributed by atoms with Crippen LogP contribution in [-0.4, -0.2) is 33.9 Å². The maximum atomic E-state index is 11.6. The molecule has 6 nitrogen and oxygen atoms in total. The highest BCUT2D eigenvalue weighted by molar-refractivity contribution is 7.18. The van der Waals surface area contributed by atoms with Gasteiger partial charge in [-0.3, -0.25) is 9.78 Å². The maximum Gasteiger partial charge on any atom is 0.236 e. The number of fused-ring (bicyclic) bond motifs is 1. The number of rotatable bonds is 6. The molecule has 0 bridgehead atoms. The Morgan fingerprint density at radius 1 is 1.32 bits per heavy atom. The van der Waals surface area contributed by atoms with Gasteiger partial charge in [0.1, 0.15) is 10.6 Å². The van der Waals surface area contributed by atoms with Crippen molar-refractivity contribution in [3.63, 3.8) is 0 Å². The molecule has 25 heavy (non-hydrogen) atoms. The van der Waals surface area contributed by atoms with Gasteiger partial charge in [0, 0.05) is 29.4 Å². The van der Waals surface area contributed by atoms with Gasteiger partial charge in [-0.2, -0.15) is 0 Å². The average molecular weight is 355 g/mol. The van der Waals surface area contributed by atoms with Crippen molar-refractivity contribution in [2.45, 2.75) is 27.2 Å². The molecule has 0 fully saturated rings. The number of carbonyl (C=O) groups is 1. The number of hydrogen-bond acceptors (Lipinski definition) is 6. The lowest BCUT2D eigenvalue weighted by Gasteiger charge is -2.23. The van der Waals surface area contributed by atoms with Gasteiger partial charge in [-0.25, -0.2) is 9.97 Å². The molecule has 0 aliphatic rings. The number of carbonyl (C=O) groups excluding carboxylic acids is 1. The number of thiophene rings is 1. The summed E-state index contributed by atoms with van der Waals surface area (Å²) in [7, 11) is 0. The zero-order chi connectivity index (χ0) is 18.0. The first-order valence-corrected chi connectivity index (χ1v) is 9.04. The molecule has 0 spiro atoms. The van der Waals surface area contributed by atoms with Gasteiger partial charge < -0.3 is 10.6 Å². The number of aromatic nitrogens is 3. The SMILES string of the molecule is CCCN(CC(N)=O)c1nc(-c2cccnc2)nc2sc(C)c(C)c12. The molecule has 2 N–H and O–H groups in total. The number of amides is 1. The Bertz CT molecular complexity index is 907. The molecule has 1 amide bonds. The van der Waals surface area contributed by atoms with E-state index in [0.717, 1.165) is 33.6 Å². The molecule has 3 heterocycles. The Balaban J connectivity index is 2.24. The number of anilines is 1. The summed E-state index contributed by atoms with van der Waals surface area (Å²) in [6.07, 6.45) is 4.36. The first-order chi connectivity index (χ1) is 12.0. The summed E-state index contributed by atoms with van der Waals surface area (Å²) in [4.78, 5) is 29.3. The van der Waals surface area contributed by atoms with Gasteiger partial charge in [0.25, 0.3) is 0 Å². The fourth-order valence-electron chi connectivity index (χ4n) is 2.80. The standard InChI is InChI=1S/C18H21N5OS/c1-4-8-23(10-14(19)24)17-15-11(2)12(3)25-18(15)22-16(21-17)13-6-5-7-20-9-13/h5-7,9H,4,8,10H2,1-3H3,(H2,19,24). The number of aryl methyl sites for hydroxylation is 2. The molecule has 3 aromatic heterocycles. The fourth-order valence-corrected chi connectivity index (χ4v) is 3.82. The van der Waals surface area contributed by atoms with Gasteiger partial charge in [0.05, 0.1) is 11.9 Å². The molecule has 3 rings (SSSR count). The maximum absolute atomic E-state index is 11.6. The van der Waals surface area contributed by atoms with Crippen LogP contribution in [0.5, 0.6) is 0 Å². The van der Waals surface area contributed by atoms with Crippen molar-refractivity contribution in [3.05, 3.63) is 35.0 Å². The molecule has 0 saturated heterocycles. The highest BCUT2D eigenvalue weighted by Crippen LogP contribution is 2.36. The third-order valence-corrected chi connectivity index (χ3v) is 5.17. The zero-order valence-corrected chi connectivity index (χ0v) is 15.4. The largest absolute Gasteiger partial charge is 0.368 e. The van der Waals surface area contributed by atoms with E-state index in [1.807, 2.05) is 17.0 Å². The second-order valence-electron chi connectivity index (χ2n) is 5.96. The van der Waals surface area contributed by atoms with E-state index < -0.39 is 0 Å². The smallest absolute Gasteiger partial charge is 0.236 e. The van der Waals surface area contributed by atoms with E-state index in [-0.39, 0.29) is 12.5 Å². The van der Waals surface area contributed by atoms with Gasteiger partial charge in [-0.05, 0) is 38.0 Å². The Morgan fingerprint density at radius 2 is 2.12 bits per heavy atom. The van der Waals surface area contributed by atoms with E-state index in [1.54, 1.807) is 23.7 Å². The van der Waals surface area contributed by atoms with E-state index in [2.05, 4.69) is 25.8 Å². The van der Waals surface area contributed by atoms with Crippen LogP contribution in [0.15, 0.2) is 24.5 Å². The van der Waals surface area contributed by atoms with Crippen LogP contribution in [0, 0.1) is 13.8 Å². The minimum atomic E-state index is -0.368. The normalized spacial score (nSPS) is 11.0. The van der Waals surface area contributed by atoms with E-state index in [4.69, 9.17) is 15.7 Å². The molecule has 0 aliphatic carbocycles. The number of hydrogen-bond donors (Lipinski definition) is 1. The monoisotopic (exact) mass is 355 g/mol. The predicted molar refractivity (Wildman–Crippen MR) is 102 cm³/mol. The lowest BCUT2D eigenvalue weighted by Crippen LogP contribution is -2.35. The molecule has 0 saturated carbocycles. The first-order valence-electron chi connectivity index (χ1n) is 8.22. The average Bonchev–Trinajstić information content (AvgIpc) is 2.88.